The highest BCUT2D eigenvalue weighted by Gasteiger charge is 2.44. The molecule has 1 aromatic carbocycles. The average molecular weight is 415 g/mol. The average Bonchev–Trinajstić information content (AvgIpc) is 2.74. The highest BCUT2D eigenvalue weighted by molar-refractivity contribution is 5.81. The summed E-state index contributed by atoms with van der Waals surface area (Å²) in [5.74, 6) is -0.841. The molecular formula is C18H25NO10. The van der Waals surface area contributed by atoms with Crippen LogP contribution in [-0.4, -0.2) is 89.6 Å². The molecule has 1 aliphatic heterocycles. The van der Waals surface area contributed by atoms with Crippen molar-refractivity contribution < 1.29 is 49.0 Å². The summed E-state index contributed by atoms with van der Waals surface area (Å²) in [6.45, 7) is -1.14. The second-order valence-electron chi connectivity index (χ2n) is 6.31. The second kappa shape index (κ2) is 11.0. The van der Waals surface area contributed by atoms with Crippen molar-refractivity contribution in [2.24, 2.45) is 0 Å². The summed E-state index contributed by atoms with van der Waals surface area (Å²) in [4.78, 5) is 23.9. The lowest BCUT2D eigenvalue weighted by atomic mass is 9.99. The molecule has 11 heteroatoms. The minimum atomic E-state index is -1.64. The number of amides is 1. The van der Waals surface area contributed by atoms with E-state index in [2.05, 4.69) is 10.1 Å². The zero-order valence-corrected chi connectivity index (χ0v) is 15.7. The first-order valence-corrected chi connectivity index (χ1v) is 8.84. The number of aliphatic hydroxyl groups is 4. The van der Waals surface area contributed by atoms with Crippen molar-refractivity contribution in [2.75, 3.05) is 20.3 Å². The molecule has 1 heterocycles. The van der Waals surface area contributed by atoms with Crippen molar-refractivity contribution in [3.8, 4) is 0 Å². The lowest BCUT2D eigenvalue weighted by Crippen LogP contribution is -2.59. The zero-order chi connectivity index (χ0) is 21.4. The van der Waals surface area contributed by atoms with Crippen LogP contribution in [0.25, 0.3) is 0 Å². The van der Waals surface area contributed by atoms with Crippen molar-refractivity contribution >= 4 is 12.1 Å². The van der Waals surface area contributed by atoms with Crippen molar-refractivity contribution in [3.63, 3.8) is 0 Å². The number of nitrogens with one attached hydrogen (secondary N) is 1. The molecule has 2 rings (SSSR count). The summed E-state index contributed by atoms with van der Waals surface area (Å²) in [6.07, 6.45) is -8.35. The standard InChI is InChI=1S/C18H25NO10/c1-26-16(24)11(19-18(25)28-8-10-5-3-2-4-6-10)9-27-17-15(23)14(22)13(21)12(7-20)29-17/h2-6,11-15,17,20-23H,7-9H2,1H3,(H,19,25)/t11?,12-,13+,14+,15-,17-/m1/s1. The summed E-state index contributed by atoms with van der Waals surface area (Å²) in [6, 6.07) is 7.59. The van der Waals surface area contributed by atoms with Gasteiger partial charge in [-0.2, -0.15) is 0 Å². The number of hydrogen-bond acceptors (Lipinski definition) is 10. The van der Waals surface area contributed by atoms with Gasteiger partial charge in [-0.25, -0.2) is 9.59 Å². The van der Waals surface area contributed by atoms with Crippen molar-refractivity contribution in [3.05, 3.63) is 35.9 Å². The highest BCUT2D eigenvalue weighted by Crippen LogP contribution is 2.22. The number of esters is 1. The van der Waals surface area contributed by atoms with Crippen LogP contribution in [-0.2, 0) is 30.3 Å². The fourth-order valence-corrected chi connectivity index (χ4v) is 2.61. The number of alkyl carbamates (subject to hydrolysis) is 1. The van der Waals surface area contributed by atoms with Gasteiger partial charge in [-0.3, -0.25) is 0 Å². The molecule has 0 bridgehead atoms. The molecule has 1 aromatic rings. The van der Waals surface area contributed by atoms with Crippen LogP contribution in [0.5, 0.6) is 0 Å². The number of carbonyl (C=O) groups excluding carboxylic acids is 2. The van der Waals surface area contributed by atoms with Crippen LogP contribution in [0, 0.1) is 0 Å². The number of hydrogen-bond donors (Lipinski definition) is 5. The van der Waals surface area contributed by atoms with Gasteiger partial charge in [0.25, 0.3) is 0 Å². The van der Waals surface area contributed by atoms with E-state index in [1.807, 2.05) is 6.07 Å². The third kappa shape index (κ3) is 6.35. The molecule has 29 heavy (non-hydrogen) atoms. The molecule has 6 atom stereocenters. The third-order valence-electron chi connectivity index (χ3n) is 4.27. The molecule has 1 unspecified atom stereocenters. The van der Waals surface area contributed by atoms with Crippen LogP contribution in [0.15, 0.2) is 30.3 Å². The summed E-state index contributed by atoms with van der Waals surface area (Å²) in [5, 5.41) is 40.9. The largest absolute Gasteiger partial charge is 0.467 e. The predicted molar refractivity (Wildman–Crippen MR) is 95.3 cm³/mol. The summed E-state index contributed by atoms with van der Waals surface area (Å²) >= 11 is 0. The highest BCUT2D eigenvalue weighted by atomic mass is 16.7. The molecular weight excluding hydrogens is 390 g/mol. The Balaban J connectivity index is 1.91. The predicted octanol–water partition coefficient (Wildman–Crippen LogP) is -1.73. The number of benzene rings is 1. The number of methoxy groups -OCH3 is 1. The molecule has 0 aliphatic carbocycles. The van der Waals surface area contributed by atoms with E-state index in [-0.39, 0.29) is 6.61 Å². The van der Waals surface area contributed by atoms with Gasteiger partial charge in [0, 0.05) is 0 Å². The van der Waals surface area contributed by atoms with Gasteiger partial charge in [0.05, 0.1) is 20.3 Å². The van der Waals surface area contributed by atoms with Gasteiger partial charge < -0.3 is 44.7 Å². The molecule has 0 radical (unpaired) electrons. The molecule has 5 N–H and O–H groups in total. The maximum absolute atomic E-state index is 12.0. The van der Waals surface area contributed by atoms with Gasteiger partial charge in [0.1, 0.15) is 31.0 Å². The van der Waals surface area contributed by atoms with Crippen LogP contribution in [0.2, 0.25) is 0 Å². The molecule has 0 spiro atoms. The van der Waals surface area contributed by atoms with Crippen LogP contribution < -0.4 is 5.32 Å². The SMILES string of the molecule is COC(=O)C(CO[C@@H]1O[C@H](CO)[C@H](O)[C@H](O)[C@H]1O)NC(=O)OCc1ccccc1. The summed E-state index contributed by atoms with van der Waals surface area (Å²) < 4.78 is 20.1. The van der Waals surface area contributed by atoms with E-state index in [0.717, 1.165) is 12.7 Å². The van der Waals surface area contributed by atoms with Gasteiger partial charge >= 0.3 is 12.1 Å². The fraction of sp³-hybridized carbons (Fsp3) is 0.556. The molecule has 1 saturated heterocycles. The molecule has 1 fully saturated rings. The Morgan fingerprint density at radius 1 is 1.14 bits per heavy atom. The number of ether oxygens (including phenoxy) is 4. The Morgan fingerprint density at radius 3 is 2.45 bits per heavy atom. The van der Waals surface area contributed by atoms with Crippen LogP contribution in [0.1, 0.15) is 5.56 Å². The van der Waals surface area contributed by atoms with E-state index in [9.17, 15) is 30.0 Å². The molecule has 162 valence electrons. The zero-order valence-electron chi connectivity index (χ0n) is 15.7. The van der Waals surface area contributed by atoms with E-state index in [4.69, 9.17) is 14.2 Å². The maximum atomic E-state index is 12.0. The fourth-order valence-electron chi connectivity index (χ4n) is 2.61. The van der Waals surface area contributed by atoms with Crippen molar-refractivity contribution in [1.29, 1.82) is 0 Å². The molecule has 0 aromatic heterocycles. The third-order valence-corrected chi connectivity index (χ3v) is 4.27. The minimum Gasteiger partial charge on any atom is -0.467 e. The summed E-state index contributed by atoms with van der Waals surface area (Å²) in [5.41, 5.74) is 0.745. The van der Waals surface area contributed by atoms with E-state index < -0.39 is 62.0 Å². The number of rotatable bonds is 8. The van der Waals surface area contributed by atoms with Crippen LogP contribution in [0.3, 0.4) is 0 Å². The van der Waals surface area contributed by atoms with Gasteiger partial charge in [0.2, 0.25) is 0 Å². The van der Waals surface area contributed by atoms with Gasteiger partial charge in [-0.1, -0.05) is 30.3 Å². The quantitative estimate of drug-likeness (QED) is 0.308. The van der Waals surface area contributed by atoms with Crippen molar-refractivity contribution in [1.82, 2.24) is 5.32 Å². The molecule has 0 saturated carbocycles. The maximum Gasteiger partial charge on any atom is 0.408 e. The normalized spacial score (nSPS) is 27.7. The summed E-state index contributed by atoms with van der Waals surface area (Å²) in [7, 11) is 1.11. The first kappa shape index (κ1) is 23.0. The first-order chi connectivity index (χ1) is 13.9. The molecule has 1 amide bonds. The van der Waals surface area contributed by atoms with Gasteiger partial charge in [-0.05, 0) is 5.56 Å². The van der Waals surface area contributed by atoms with E-state index in [1.54, 1.807) is 24.3 Å². The van der Waals surface area contributed by atoms with E-state index in [0.29, 0.717) is 0 Å². The van der Waals surface area contributed by atoms with Gasteiger partial charge in [-0.15, -0.1) is 0 Å². The second-order valence-corrected chi connectivity index (χ2v) is 6.31. The van der Waals surface area contributed by atoms with Crippen LogP contribution in [0.4, 0.5) is 4.79 Å². The molecule has 1 aliphatic rings. The van der Waals surface area contributed by atoms with Gasteiger partial charge in [0.15, 0.2) is 12.3 Å². The van der Waals surface area contributed by atoms with E-state index in [1.165, 1.54) is 0 Å². The van der Waals surface area contributed by atoms with Crippen LogP contribution >= 0.6 is 0 Å². The topological polar surface area (TPSA) is 164 Å². The Hall–Kier alpha value is -2.28. The lowest BCUT2D eigenvalue weighted by Gasteiger charge is -2.39. The number of aliphatic hydroxyl groups excluding tert-OH is 4. The van der Waals surface area contributed by atoms with Crippen molar-refractivity contribution in [2.45, 2.75) is 43.4 Å². The lowest BCUT2D eigenvalue weighted by molar-refractivity contribution is -0.301. The monoisotopic (exact) mass is 415 g/mol. The Bertz CT molecular complexity index is 655. The van der Waals surface area contributed by atoms with E-state index >= 15 is 0 Å². The Labute approximate surface area is 166 Å². The Morgan fingerprint density at radius 2 is 1.83 bits per heavy atom. The smallest absolute Gasteiger partial charge is 0.408 e. The number of carbonyl (C=O) groups is 2. The minimum absolute atomic E-state index is 0.0197. The molecule has 11 nitrogen and oxygen atoms in total. The Kier molecular flexibility index (Phi) is 8.76. The first-order valence-electron chi connectivity index (χ1n) is 8.84.